The number of rotatable bonds is 7. The normalized spacial score (nSPS) is 14.4. The minimum atomic E-state index is -0.166. The molecule has 2 aromatic rings. The van der Waals surface area contributed by atoms with Gasteiger partial charge in [-0.1, -0.05) is 26.7 Å². The van der Waals surface area contributed by atoms with Crippen LogP contribution in [0, 0.1) is 5.92 Å². The molecule has 0 aliphatic carbocycles. The van der Waals surface area contributed by atoms with E-state index in [0.29, 0.717) is 29.6 Å². The van der Waals surface area contributed by atoms with Gasteiger partial charge in [0.25, 0.3) is 5.91 Å². The lowest BCUT2D eigenvalue weighted by molar-refractivity contribution is 0.102. The van der Waals surface area contributed by atoms with Crippen molar-refractivity contribution in [3.8, 4) is 11.5 Å². The highest BCUT2D eigenvalue weighted by Gasteiger charge is 2.13. The number of nitrogens with one attached hydrogen (secondary N) is 1. The molecule has 1 aliphatic rings. The van der Waals surface area contributed by atoms with Crippen LogP contribution >= 0.6 is 0 Å². The van der Waals surface area contributed by atoms with E-state index in [4.69, 9.17) is 9.47 Å². The van der Waals surface area contributed by atoms with Crippen molar-refractivity contribution >= 4 is 17.3 Å². The van der Waals surface area contributed by atoms with Gasteiger partial charge >= 0.3 is 0 Å². The van der Waals surface area contributed by atoms with Crippen LogP contribution in [0.2, 0.25) is 0 Å². The first-order chi connectivity index (χ1) is 14.1. The summed E-state index contributed by atoms with van der Waals surface area (Å²) in [7, 11) is 1.58. The molecule has 1 N–H and O–H groups in total. The molecule has 156 valence electrons. The van der Waals surface area contributed by atoms with E-state index in [9.17, 15) is 4.79 Å². The Balaban J connectivity index is 1.64. The average molecular weight is 397 g/mol. The average Bonchev–Trinajstić information content (AvgIpc) is 3.02. The van der Waals surface area contributed by atoms with E-state index < -0.39 is 0 Å². The van der Waals surface area contributed by atoms with Crippen LogP contribution in [0.4, 0.5) is 11.4 Å². The number of hydrogen-bond acceptors (Lipinski definition) is 4. The molecule has 1 fully saturated rings. The van der Waals surface area contributed by atoms with E-state index in [-0.39, 0.29) is 5.91 Å². The lowest BCUT2D eigenvalue weighted by Crippen LogP contribution is -2.23. The van der Waals surface area contributed by atoms with Gasteiger partial charge in [-0.2, -0.15) is 0 Å². The maximum absolute atomic E-state index is 12.7. The van der Waals surface area contributed by atoms with Crippen molar-refractivity contribution in [3.63, 3.8) is 0 Å². The first-order valence-electron chi connectivity index (χ1n) is 10.5. The highest BCUT2D eigenvalue weighted by molar-refractivity contribution is 6.04. The second-order valence-corrected chi connectivity index (χ2v) is 7.97. The Morgan fingerprint density at radius 2 is 1.69 bits per heavy atom. The molecule has 0 aromatic heterocycles. The van der Waals surface area contributed by atoms with Crippen molar-refractivity contribution < 1.29 is 14.3 Å². The predicted octanol–water partition coefficient (Wildman–Crippen LogP) is 5.36. The van der Waals surface area contributed by atoms with Crippen LogP contribution < -0.4 is 19.7 Å². The number of hydrogen-bond donors (Lipinski definition) is 1. The lowest BCUT2D eigenvalue weighted by Gasteiger charge is -2.22. The Bertz CT molecular complexity index is 794. The maximum Gasteiger partial charge on any atom is 0.255 e. The molecule has 1 aliphatic heterocycles. The van der Waals surface area contributed by atoms with Gasteiger partial charge in [0.1, 0.15) is 0 Å². The second kappa shape index (κ2) is 10.2. The molecule has 1 heterocycles. The van der Waals surface area contributed by atoms with Gasteiger partial charge in [-0.15, -0.1) is 0 Å². The highest BCUT2D eigenvalue weighted by atomic mass is 16.5. The van der Waals surface area contributed by atoms with Gasteiger partial charge in [-0.05, 0) is 61.2 Å². The van der Waals surface area contributed by atoms with E-state index in [2.05, 4.69) is 36.2 Å². The van der Waals surface area contributed by atoms with Crippen molar-refractivity contribution in [2.24, 2.45) is 5.92 Å². The highest BCUT2D eigenvalue weighted by Crippen LogP contribution is 2.29. The van der Waals surface area contributed by atoms with Crippen LogP contribution in [-0.2, 0) is 0 Å². The summed E-state index contributed by atoms with van der Waals surface area (Å²) in [5.41, 5.74) is 2.54. The van der Waals surface area contributed by atoms with Crippen LogP contribution in [0.15, 0.2) is 42.5 Å². The predicted molar refractivity (Wildman–Crippen MR) is 118 cm³/mol. The van der Waals surface area contributed by atoms with E-state index in [1.165, 1.54) is 31.4 Å². The molecule has 3 rings (SSSR count). The summed E-state index contributed by atoms with van der Waals surface area (Å²) in [6.45, 7) is 7.00. The molecule has 2 aromatic carbocycles. The van der Waals surface area contributed by atoms with Gasteiger partial charge in [-0.25, -0.2) is 0 Å². The van der Waals surface area contributed by atoms with Gasteiger partial charge < -0.3 is 19.7 Å². The monoisotopic (exact) mass is 396 g/mol. The Morgan fingerprint density at radius 3 is 2.31 bits per heavy atom. The molecule has 1 amide bonds. The summed E-state index contributed by atoms with van der Waals surface area (Å²) in [5, 5.41) is 2.97. The fraction of sp³-hybridized carbons (Fsp3) is 0.458. The number of ether oxygens (including phenoxy) is 2. The van der Waals surface area contributed by atoms with Crippen molar-refractivity contribution in [3.05, 3.63) is 48.0 Å². The SMILES string of the molecule is COc1cc(C(=O)Nc2ccc(N3CCCCCC3)cc2)ccc1OCC(C)C. The van der Waals surface area contributed by atoms with Crippen molar-refractivity contribution in [2.75, 3.05) is 37.0 Å². The van der Waals surface area contributed by atoms with Crippen molar-refractivity contribution in [1.82, 2.24) is 0 Å². The molecule has 0 radical (unpaired) electrons. The third-order valence-electron chi connectivity index (χ3n) is 5.09. The molecule has 29 heavy (non-hydrogen) atoms. The van der Waals surface area contributed by atoms with E-state index >= 15 is 0 Å². The van der Waals surface area contributed by atoms with E-state index in [1.54, 1.807) is 25.3 Å². The minimum absolute atomic E-state index is 0.166. The molecule has 0 spiro atoms. The fourth-order valence-electron chi connectivity index (χ4n) is 3.47. The minimum Gasteiger partial charge on any atom is -0.493 e. The molecule has 5 heteroatoms. The zero-order chi connectivity index (χ0) is 20.6. The molecule has 0 bridgehead atoms. The smallest absolute Gasteiger partial charge is 0.255 e. The summed E-state index contributed by atoms with van der Waals surface area (Å²) in [6, 6.07) is 13.4. The summed E-state index contributed by atoms with van der Waals surface area (Å²) < 4.78 is 11.2. The lowest BCUT2D eigenvalue weighted by atomic mass is 10.1. The fourth-order valence-corrected chi connectivity index (χ4v) is 3.47. The first kappa shape index (κ1) is 21.0. The first-order valence-corrected chi connectivity index (χ1v) is 10.5. The molecular weight excluding hydrogens is 364 g/mol. The van der Waals surface area contributed by atoms with Gasteiger partial charge in [0.15, 0.2) is 11.5 Å². The third-order valence-corrected chi connectivity index (χ3v) is 5.09. The topological polar surface area (TPSA) is 50.8 Å². The number of carbonyl (C=O) groups is 1. The van der Waals surface area contributed by atoms with Crippen LogP contribution in [0.5, 0.6) is 11.5 Å². The quantitative estimate of drug-likeness (QED) is 0.684. The van der Waals surface area contributed by atoms with Crippen LogP contribution in [0.1, 0.15) is 49.9 Å². The summed E-state index contributed by atoms with van der Waals surface area (Å²) in [6.07, 6.45) is 5.12. The van der Waals surface area contributed by atoms with Crippen LogP contribution in [-0.4, -0.2) is 32.7 Å². The number of benzene rings is 2. The van der Waals surface area contributed by atoms with E-state index in [0.717, 1.165) is 18.8 Å². The van der Waals surface area contributed by atoms with Crippen molar-refractivity contribution in [2.45, 2.75) is 39.5 Å². The van der Waals surface area contributed by atoms with Gasteiger partial charge in [-0.3, -0.25) is 4.79 Å². The molecule has 0 saturated carbocycles. The molecular formula is C24H32N2O3. The summed E-state index contributed by atoms with van der Waals surface area (Å²) in [4.78, 5) is 15.1. The maximum atomic E-state index is 12.7. The molecule has 0 unspecified atom stereocenters. The Morgan fingerprint density at radius 1 is 1.00 bits per heavy atom. The number of methoxy groups -OCH3 is 1. The molecule has 1 saturated heterocycles. The van der Waals surface area contributed by atoms with Gasteiger partial charge in [0.2, 0.25) is 0 Å². The zero-order valence-corrected chi connectivity index (χ0v) is 17.7. The number of carbonyl (C=O) groups excluding carboxylic acids is 1. The third kappa shape index (κ3) is 5.89. The van der Waals surface area contributed by atoms with E-state index in [1.807, 2.05) is 12.1 Å². The number of anilines is 2. The largest absolute Gasteiger partial charge is 0.493 e. The van der Waals surface area contributed by atoms with Gasteiger partial charge in [0, 0.05) is 30.0 Å². The Hall–Kier alpha value is -2.69. The standard InChI is InChI=1S/C24H32N2O3/c1-18(2)17-29-22-13-8-19(16-23(22)28-3)24(27)25-20-9-11-21(12-10-20)26-14-6-4-5-7-15-26/h8-13,16,18H,4-7,14-15,17H2,1-3H3,(H,25,27). The van der Waals surface area contributed by atoms with Crippen LogP contribution in [0.25, 0.3) is 0 Å². The summed E-state index contributed by atoms with van der Waals surface area (Å²) >= 11 is 0. The Labute approximate surface area is 174 Å². The van der Waals surface area contributed by atoms with Crippen molar-refractivity contribution in [1.29, 1.82) is 0 Å². The van der Waals surface area contributed by atoms with Gasteiger partial charge in [0.05, 0.1) is 13.7 Å². The molecule has 5 nitrogen and oxygen atoms in total. The molecule has 0 atom stereocenters. The second-order valence-electron chi connectivity index (χ2n) is 7.97. The number of nitrogens with zero attached hydrogens (tertiary/aromatic N) is 1. The van der Waals surface area contributed by atoms with Crippen LogP contribution in [0.3, 0.4) is 0 Å². The Kier molecular flexibility index (Phi) is 7.39. The number of amides is 1. The summed E-state index contributed by atoms with van der Waals surface area (Å²) in [5.74, 6) is 1.47. The zero-order valence-electron chi connectivity index (χ0n) is 17.7.